The molecule has 0 radical (unpaired) electrons. The first kappa shape index (κ1) is 13.2. The maximum Gasteiger partial charge on any atom is 0.176 e. The van der Waals surface area contributed by atoms with Gasteiger partial charge < -0.3 is 4.57 Å². The Morgan fingerprint density at radius 2 is 2.06 bits per heavy atom. The number of nitrogens with zero attached hydrogens (tertiary/aromatic N) is 4. The largest absolute Gasteiger partial charge is 0.320 e. The van der Waals surface area contributed by atoms with Gasteiger partial charge in [0.1, 0.15) is 12.1 Å². The summed E-state index contributed by atoms with van der Waals surface area (Å²) in [5, 5.41) is 17.5. The number of rotatable bonds is 5. The molecule has 0 bridgehead atoms. The van der Waals surface area contributed by atoms with Crippen molar-refractivity contribution in [1.82, 2.24) is 9.55 Å². The van der Waals surface area contributed by atoms with Crippen LogP contribution in [0.15, 0.2) is 6.33 Å². The number of sulfone groups is 1. The molecule has 1 heterocycles. The minimum atomic E-state index is -3.09. The lowest BCUT2D eigenvalue weighted by atomic mass is 10.3. The van der Waals surface area contributed by atoms with Crippen LogP contribution in [-0.2, 0) is 16.4 Å². The third-order valence-corrected chi connectivity index (χ3v) is 4.04. The van der Waals surface area contributed by atoms with Gasteiger partial charge in [0.15, 0.2) is 21.2 Å². The average Bonchev–Trinajstić information content (AvgIpc) is 2.68. The van der Waals surface area contributed by atoms with Crippen LogP contribution in [0.4, 0.5) is 0 Å². The normalized spacial score (nSPS) is 10.8. The summed E-state index contributed by atoms with van der Waals surface area (Å²) >= 11 is 0. The van der Waals surface area contributed by atoms with E-state index < -0.39 is 9.84 Å². The molecule has 7 heteroatoms. The van der Waals surface area contributed by atoms with E-state index in [1.165, 1.54) is 10.9 Å². The quantitative estimate of drug-likeness (QED) is 0.757. The molecule has 17 heavy (non-hydrogen) atoms. The van der Waals surface area contributed by atoms with Gasteiger partial charge in [-0.25, -0.2) is 13.4 Å². The number of aryl methyl sites for hydroxylation is 1. The Morgan fingerprint density at radius 3 is 2.59 bits per heavy atom. The van der Waals surface area contributed by atoms with E-state index in [9.17, 15) is 8.42 Å². The maximum absolute atomic E-state index is 11.5. The molecule has 1 aromatic heterocycles. The van der Waals surface area contributed by atoms with Crippen LogP contribution in [0.5, 0.6) is 0 Å². The van der Waals surface area contributed by atoms with Gasteiger partial charge in [-0.15, -0.1) is 0 Å². The molecule has 0 saturated carbocycles. The van der Waals surface area contributed by atoms with Gasteiger partial charge in [-0.1, -0.05) is 6.92 Å². The topological polar surface area (TPSA) is 99.5 Å². The van der Waals surface area contributed by atoms with E-state index in [4.69, 9.17) is 10.5 Å². The van der Waals surface area contributed by atoms with Gasteiger partial charge in [-0.3, -0.25) is 0 Å². The number of hydrogen-bond donors (Lipinski definition) is 0. The van der Waals surface area contributed by atoms with E-state index in [0.29, 0.717) is 6.42 Å². The third-order valence-electron chi connectivity index (χ3n) is 2.21. The van der Waals surface area contributed by atoms with Crippen molar-refractivity contribution in [2.45, 2.75) is 19.9 Å². The van der Waals surface area contributed by atoms with Crippen molar-refractivity contribution in [3.63, 3.8) is 0 Å². The summed E-state index contributed by atoms with van der Waals surface area (Å²) in [6, 6.07) is 3.63. The van der Waals surface area contributed by atoms with Crippen molar-refractivity contribution < 1.29 is 8.42 Å². The predicted molar refractivity (Wildman–Crippen MR) is 60.6 cm³/mol. The van der Waals surface area contributed by atoms with E-state index in [1.54, 1.807) is 13.0 Å². The highest BCUT2D eigenvalue weighted by Gasteiger charge is 2.13. The van der Waals surface area contributed by atoms with E-state index in [1.807, 2.05) is 6.07 Å². The van der Waals surface area contributed by atoms with Crippen LogP contribution >= 0.6 is 0 Å². The average molecular weight is 252 g/mol. The minimum Gasteiger partial charge on any atom is -0.320 e. The monoisotopic (exact) mass is 252 g/mol. The van der Waals surface area contributed by atoms with Gasteiger partial charge >= 0.3 is 0 Å². The highest BCUT2D eigenvalue weighted by Crippen LogP contribution is 2.06. The highest BCUT2D eigenvalue weighted by molar-refractivity contribution is 7.91. The molecule has 0 aliphatic carbocycles. The van der Waals surface area contributed by atoms with Crippen molar-refractivity contribution in [1.29, 1.82) is 10.5 Å². The summed E-state index contributed by atoms with van der Waals surface area (Å²) in [7, 11) is -3.09. The van der Waals surface area contributed by atoms with Crippen LogP contribution in [-0.4, -0.2) is 29.5 Å². The molecule has 0 saturated heterocycles. The van der Waals surface area contributed by atoms with Gasteiger partial charge in [0.25, 0.3) is 0 Å². The van der Waals surface area contributed by atoms with Crippen molar-refractivity contribution >= 4 is 9.84 Å². The lowest BCUT2D eigenvalue weighted by Crippen LogP contribution is -2.16. The first-order valence-electron chi connectivity index (χ1n) is 5.09. The molecule has 0 aliphatic rings. The summed E-state index contributed by atoms with van der Waals surface area (Å²) in [6.07, 6.45) is 1.89. The number of imidazole rings is 1. The van der Waals surface area contributed by atoms with Gasteiger partial charge in [-0.2, -0.15) is 10.5 Å². The number of hydrogen-bond acceptors (Lipinski definition) is 5. The van der Waals surface area contributed by atoms with Crippen molar-refractivity contribution in [2.24, 2.45) is 0 Å². The first-order valence-corrected chi connectivity index (χ1v) is 6.92. The molecule has 90 valence electrons. The molecular weight excluding hydrogens is 240 g/mol. The van der Waals surface area contributed by atoms with Crippen LogP contribution < -0.4 is 0 Å². The summed E-state index contributed by atoms with van der Waals surface area (Å²) in [6.45, 7) is 1.95. The lowest BCUT2D eigenvalue weighted by Gasteiger charge is -2.04. The molecule has 0 atom stereocenters. The molecule has 0 unspecified atom stereocenters. The second kappa shape index (κ2) is 5.46. The third kappa shape index (κ3) is 3.30. The molecule has 0 N–H and O–H groups in total. The Kier molecular flexibility index (Phi) is 4.24. The Morgan fingerprint density at radius 1 is 1.35 bits per heavy atom. The number of aromatic nitrogens is 2. The second-order valence-corrected chi connectivity index (χ2v) is 5.81. The minimum absolute atomic E-state index is 0.0281. The fourth-order valence-electron chi connectivity index (χ4n) is 1.40. The smallest absolute Gasteiger partial charge is 0.176 e. The molecule has 0 fully saturated rings. The molecule has 6 nitrogen and oxygen atoms in total. The molecule has 1 rings (SSSR count). The molecule has 0 aromatic carbocycles. The summed E-state index contributed by atoms with van der Waals surface area (Å²) in [5.41, 5.74) is 0.139. The maximum atomic E-state index is 11.5. The Balaban J connectivity index is 2.82. The zero-order valence-electron chi connectivity index (χ0n) is 9.42. The van der Waals surface area contributed by atoms with Crippen molar-refractivity contribution in [3.05, 3.63) is 17.7 Å². The molecule has 0 amide bonds. The molecule has 0 spiro atoms. The summed E-state index contributed by atoms with van der Waals surface area (Å²) in [5.74, 6) is 0.0887. The van der Waals surface area contributed by atoms with Crippen molar-refractivity contribution in [3.8, 4) is 12.1 Å². The van der Waals surface area contributed by atoms with Gasteiger partial charge in [0, 0.05) is 12.3 Å². The summed E-state index contributed by atoms with van der Waals surface area (Å²) < 4.78 is 24.4. The Bertz CT molecular complexity index is 574. The van der Waals surface area contributed by atoms with Crippen LogP contribution in [0, 0.1) is 22.7 Å². The molecule has 1 aromatic rings. The highest BCUT2D eigenvalue weighted by atomic mass is 32.2. The van der Waals surface area contributed by atoms with Gasteiger partial charge in [0.2, 0.25) is 0 Å². The van der Waals surface area contributed by atoms with Crippen LogP contribution in [0.2, 0.25) is 0 Å². The Hall–Kier alpha value is -1.86. The van der Waals surface area contributed by atoms with Gasteiger partial charge in [-0.05, 0) is 6.42 Å². The first-order chi connectivity index (χ1) is 8.04. The van der Waals surface area contributed by atoms with E-state index in [2.05, 4.69) is 4.98 Å². The molecule has 0 aliphatic heterocycles. The fraction of sp³-hybridized carbons (Fsp3) is 0.500. The van der Waals surface area contributed by atoms with Gasteiger partial charge in [0.05, 0.1) is 12.1 Å². The Labute approximate surface area is 100 Å². The second-order valence-electron chi connectivity index (χ2n) is 3.51. The van der Waals surface area contributed by atoms with Crippen molar-refractivity contribution in [2.75, 3.05) is 11.5 Å². The van der Waals surface area contributed by atoms with Crippen LogP contribution in [0.1, 0.15) is 24.7 Å². The zero-order chi connectivity index (χ0) is 12.9. The predicted octanol–water partition coefficient (Wildman–Crippen LogP) is 0.451. The van der Waals surface area contributed by atoms with Crippen LogP contribution in [0.25, 0.3) is 0 Å². The zero-order valence-corrected chi connectivity index (χ0v) is 10.2. The molecular formula is C10H12N4O2S. The summed E-state index contributed by atoms with van der Waals surface area (Å²) in [4.78, 5) is 3.74. The fourth-order valence-corrected chi connectivity index (χ4v) is 2.70. The standard InChI is InChI=1S/C10H12N4O2S/c1-2-4-17(15,16)5-3-14-8-13-9(6-11)10(14)7-12/h8H,2-5H2,1H3. The lowest BCUT2D eigenvalue weighted by molar-refractivity contribution is 0.587. The van der Waals surface area contributed by atoms with E-state index >= 15 is 0 Å². The SMILES string of the molecule is CCCS(=O)(=O)CCn1cnc(C#N)c1C#N. The number of nitriles is 2. The van der Waals surface area contributed by atoms with E-state index in [-0.39, 0.29) is 29.4 Å². The van der Waals surface area contributed by atoms with E-state index in [0.717, 1.165) is 0 Å². The van der Waals surface area contributed by atoms with Crippen LogP contribution in [0.3, 0.4) is 0 Å².